The van der Waals surface area contributed by atoms with Crippen LogP contribution in [0.15, 0.2) is 29.3 Å². The maximum Gasteiger partial charge on any atom is 0.334 e. The van der Waals surface area contributed by atoms with Crippen LogP contribution < -0.4 is 0 Å². The van der Waals surface area contributed by atoms with Gasteiger partial charge >= 0.3 is 5.97 Å². The number of imidazole rings is 1. The van der Waals surface area contributed by atoms with Crippen molar-refractivity contribution in [3.8, 4) is 0 Å². The second-order valence-corrected chi connectivity index (χ2v) is 12.0. The van der Waals surface area contributed by atoms with Gasteiger partial charge in [0.2, 0.25) is 0 Å². The van der Waals surface area contributed by atoms with Crippen LogP contribution in [0.25, 0.3) is 6.08 Å². The van der Waals surface area contributed by atoms with Crippen LogP contribution in [0.3, 0.4) is 0 Å². The van der Waals surface area contributed by atoms with Gasteiger partial charge in [0.1, 0.15) is 5.82 Å². The number of nitrogens with zero attached hydrogens (tertiary/aromatic N) is 2. The lowest BCUT2D eigenvalue weighted by atomic mass is 9.49. The zero-order chi connectivity index (χ0) is 22.8. The Morgan fingerprint density at radius 2 is 1.97 bits per heavy atom. The van der Waals surface area contributed by atoms with Crippen LogP contribution in [0, 0.1) is 23.2 Å². The molecule has 0 amide bonds. The van der Waals surface area contributed by atoms with E-state index in [9.17, 15) is 4.79 Å². The molecule has 0 saturated heterocycles. The molecule has 0 radical (unpaired) electrons. The van der Waals surface area contributed by atoms with E-state index < -0.39 is 0 Å². The highest BCUT2D eigenvalue weighted by Gasteiger charge is 2.50. The van der Waals surface area contributed by atoms with Crippen molar-refractivity contribution in [1.29, 1.82) is 0 Å². The molecule has 6 rings (SSSR count). The summed E-state index contributed by atoms with van der Waals surface area (Å²) in [6, 6.07) is 4.12. The van der Waals surface area contributed by atoms with Gasteiger partial charge in [-0.25, -0.2) is 9.78 Å². The number of methoxy groups -OCH3 is 1. The first-order valence-electron chi connectivity index (χ1n) is 12.9. The molecule has 4 bridgehead atoms. The van der Waals surface area contributed by atoms with Crippen molar-refractivity contribution in [3.05, 3.63) is 45.7 Å². The molecule has 0 atom stereocenters. The zero-order valence-corrected chi connectivity index (χ0v) is 21.0. The standard InChI is InChI=1S/C28H38N2O2S/c1-3-4-7-26-29-19-24(14-23(27(31)32-2)15-25-6-5-10-33-25)30(26)9-8-28-16-20-11-21(17-28)13-22(12-20)18-28/h5-6,10,14,19-22H,3-4,7-9,11-13,15-18H2,1-2H3/b23-14+. The second kappa shape index (κ2) is 9.77. The molecule has 0 aromatic carbocycles. The van der Waals surface area contributed by atoms with Gasteiger partial charge in [0, 0.05) is 29.8 Å². The molecule has 0 aliphatic heterocycles. The van der Waals surface area contributed by atoms with Crippen molar-refractivity contribution < 1.29 is 9.53 Å². The molecule has 33 heavy (non-hydrogen) atoms. The molecule has 2 heterocycles. The number of ether oxygens (including phenoxy) is 1. The summed E-state index contributed by atoms with van der Waals surface area (Å²) < 4.78 is 7.56. The molecular weight excluding hydrogens is 428 g/mol. The Bertz CT molecular complexity index is 952. The predicted molar refractivity (Wildman–Crippen MR) is 134 cm³/mol. The largest absolute Gasteiger partial charge is 0.466 e. The van der Waals surface area contributed by atoms with E-state index in [-0.39, 0.29) is 5.97 Å². The minimum absolute atomic E-state index is 0.243. The fraction of sp³-hybridized carbons (Fsp3) is 0.643. The van der Waals surface area contributed by atoms with Gasteiger partial charge in [0.15, 0.2) is 0 Å². The highest BCUT2D eigenvalue weighted by atomic mass is 32.1. The Labute approximate surface area is 202 Å². The fourth-order valence-electron chi connectivity index (χ4n) is 7.37. The molecule has 2 aromatic heterocycles. The van der Waals surface area contributed by atoms with Crippen molar-refractivity contribution >= 4 is 23.4 Å². The molecule has 4 fully saturated rings. The Hall–Kier alpha value is -1.88. The third kappa shape index (κ3) is 4.99. The van der Waals surface area contributed by atoms with Crippen LogP contribution in [0.5, 0.6) is 0 Å². The number of aromatic nitrogens is 2. The molecule has 0 N–H and O–H groups in total. The lowest BCUT2D eigenvalue weighted by molar-refractivity contribution is -0.136. The third-order valence-corrected chi connectivity index (χ3v) is 9.34. The summed E-state index contributed by atoms with van der Waals surface area (Å²) in [5.41, 5.74) is 2.31. The van der Waals surface area contributed by atoms with Crippen LogP contribution in [-0.2, 0) is 28.9 Å². The SMILES string of the molecule is CCCCc1ncc(/C=C(\Cc2cccs2)C(=O)OC)n1CCC12CC3CC(CC(C3)C1)C2. The number of hydrogen-bond acceptors (Lipinski definition) is 4. The number of thiophene rings is 1. The van der Waals surface area contributed by atoms with Crippen LogP contribution in [0.2, 0.25) is 0 Å². The predicted octanol–water partition coefficient (Wildman–Crippen LogP) is 6.69. The van der Waals surface area contributed by atoms with Gasteiger partial charge in [-0.05, 0) is 92.1 Å². The summed E-state index contributed by atoms with van der Waals surface area (Å²) in [5.74, 6) is 3.87. The van der Waals surface area contributed by atoms with Crippen molar-refractivity contribution in [2.75, 3.05) is 7.11 Å². The molecule has 4 aliphatic rings. The number of hydrogen-bond donors (Lipinski definition) is 0. The summed E-state index contributed by atoms with van der Waals surface area (Å²) >= 11 is 1.68. The Kier molecular flexibility index (Phi) is 6.78. The number of aryl methyl sites for hydroxylation is 1. The fourth-order valence-corrected chi connectivity index (χ4v) is 8.10. The van der Waals surface area contributed by atoms with E-state index >= 15 is 0 Å². The van der Waals surface area contributed by atoms with Crippen LogP contribution in [0.4, 0.5) is 0 Å². The first kappa shape index (κ1) is 22.9. The molecule has 4 saturated carbocycles. The number of carbonyl (C=O) groups is 1. The van der Waals surface area contributed by atoms with E-state index in [1.54, 1.807) is 11.3 Å². The number of unbranched alkanes of at least 4 members (excludes halogenated alkanes) is 1. The van der Waals surface area contributed by atoms with Gasteiger partial charge in [-0.15, -0.1) is 11.3 Å². The lowest BCUT2D eigenvalue weighted by Crippen LogP contribution is -2.46. The first-order valence-corrected chi connectivity index (χ1v) is 13.8. The van der Waals surface area contributed by atoms with Gasteiger partial charge in [0.25, 0.3) is 0 Å². The van der Waals surface area contributed by atoms with E-state index in [0.29, 0.717) is 17.4 Å². The van der Waals surface area contributed by atoms with Crippen LogP contribution in [0.1, 0.15) is 81.1 Å². The van der Waals surface area contributed by atoms with Crippen molar-refractivity contribution in [3.63, 3.8) is 0 Å². The maximum absolute atomic E-state index is 12.6. The second-order valence-electron chi connectivity index (χ2n) is 10.9. The molecule has 4 nitrogen and oxygen atoms in total. The maximum atomic E-state index is 12.6. The quantitative estimate of drug-likeness (QED) is 0.289. The molecular formula is C28H38N2O2S. The average Bonchev–Trinajstić information content (AvgIpc) is 3.44. The van der Waals surface area contributed by atoms with Crippen molar-refractivity contribution in [2.24, 2.45) is 23.2 Å². The topological polar surface area (TPSA) is 44.1 Å². The smallest absolute Gasteiger partial charge is 0.334 e. The number of carbonyl (C=O) groups excluding carboxylic acids is 1. The Balaban J connectivity index is 1.40. The molecule has 5 heteroatoms. The van der Waals surface area contributed by atoms with Gasteiger partial charge in [-0.3, -0.25) is 0 Å². The molecule has 0 spiro atoms. The highest BCUT2D eigenvalue weighted by Crippen LogP contribution is 2.61. The summed E-state index contributed by atoms with van der Waals surface area (Å²) in [4.78, 5) is 18.6. The molecule has 2 aromatic rings. The average molecular weight is 467 g/mol. The molecule has 4 aliphatic carbocycles. The zero-order valence-electron chi connectivity index (χ0n) is 20.2. The molecule has 178 valence electrons. The Morgan fingerprint density at radius 1 is 1.24 bits per heavy atom. The summed E-state index contributed by atoms with van der Waals surface area (Å²) in [7, 11) is 1.47. The van der Waals surface area contributed by atoms with Crippen LogP contribution in [-0.4, -0.2) is 22.6 Å². The van der Waals surface area contributed by atoms with E-state index in [4.69, 9.17) is 9.72 Å². The van der Waals surface area contributed by atoms with E-state index in [1.165, 1.54) is 69.2 Å². The normalized spacial score (nSPS) is 28.4. The van der Waals surface area contributed by atoms with Crippen molar-refractivity contribution in [1.82, 2.24) is 9.55 Å². The number of rotatable bonds is 10. The van der Waals surface area contributed by atoms with E-state index in [0.717, 1.165) is 42.8 Å². The lowest BCUT2D eigenvalue weighted by Gasteiger charge is -2.57. The van der Waals surface area contributed by atoms with Gasteiger partial charge in [-0.2, -0.15) is 0 Å². The van der Waals surface area contributed by atoms with E-state index in [2.05, 4.69) is 22.9 Å². The highest BCUT2D eigenvalue weighted by molar-refractivity contribution is 7.09. The monoisotopic (exact) mass is 466 g/mol. The van der Waals surface area contributed by atoms with Gasteiger partial charge in [0.05, 0.1) is 19.0 Å². The summed E-state index contributed by atoms with van der Waals surface area (Å²) in [5, 5.41) is 2.06. The van der Waals surface area contributed by atoms with Crippen molar-refractivity contribution in [2.45, 2.75) is 84.1 Å². The summed E-state index contributed by atoms with van der Waals surface area (Å²) in [6.45, 7) is 3.25. The minimum atomic E-state index is -0.243. The summed E-state index contributed by atoms with van der Waals surface area (Å²) in [6.07, 6.45) is 18.0. The van der Waals surface area contributed by atoms with E-state index in [1.807, 2.05) is 18.3 Å². The van der Waals surface area contributed by atoms with Gasteiger partial charge in [-0.1, -0.05) is 19.4 Å². The van der Waals surface area contributed by atoms with Gasteiger partial charge < -0.3 is 9.30 Å². The number of esters is 1. The van der Waals surface area contributed by atoms with Crippen LogP contribution >= 0.6 is 11.3 Å². The Morgan fingerprint density at radius 3 is 2.58 bits per heavy atom. The molecule has 0 unspecified atom stereocenters. The minimum Gasteiger partial charge on any atom is -0.466 e. The third-order valence-electron chi connectivity index (χ3n) is 8.47. The first-order chi connectivity index (χ1) is 16.1.